The largest absolute Gasteiger partial charge is 0.494 e. The summed E-state index contributed by atoms with van der Waals surface area (Å²) in [5.74, 6) is -0.747. The molecule has 0 fully saturated rings. The molecule has 0 bridgehead atoms. The van der Waals surface area contributed by atoms with E-state index in [1.54, 1.807) is 42.5 Å². The molecule has 1 atom stereocenters. The minimum atomic E-state index is -0.842. The van der Waals surface area contributed by atoms with E-state index in [1.807, 2.05) is 19.9 Å². The summed E-state index contributed by atoms with van der Waals surface area (Å²) in [6.07, 6.45) is 1.38. The molecular formula is C25H27N3O6. The summed E-state index contributed by atoms with van der Waals surface area (Å²) in [4.78, 5) is 38.0. The highest BCUT2D eigenvalue weighted by molar-refractivity contribution is 6.06. The molecule has 178 valence electrons. The van der Waals surface area contributed by atoms with Crippen LogP contribution in [-0.4, -0.2) is 38.0 Å². The standard InChI is InChI=1S/C25H27N3O6/c1-15(2)22(28-24(30)19-11-8-12-34-19)25(31)27-18-14-20(32-3)17(13-21(18)33-4)26-23(29)16-9-6-5-7-10-16/h5-15,22H,1-4H3,(H,26,29)(H,27,31)(H,28,30)/t22-/m1/s1. The van der Waals surface area contributed by atoms with Gasteiger partial charge in [-0.15, -0.1) is 0 Å². The van der Waals surface area contributed by atoms with Gasteiger partial charge in [-0.2, -0.15) is 0 Å². The lowest BCUT2D eigenvalue weighted by atomic mass is 10.0. The predicted molar refractivity (Wildman–Crippen MR) is 127 cm³/mol. The Balaban J connectivity index is 1.81. The van der Waals surface area contributed by atoms with E-state index in [0.717, 1.165) is 0 Å². The van der Waals surface area contributed by atoms with Crippen molar-refractivity contribution in [2.75, 3.05) is 24.9 Å². The van der Waals surface area contributed by atoms with Crippen LogP contribution in [0.4, 0.5) is 11.4 Å². The molecule has 0 aliphatic rings. The van der Waals surface area contributed by atoms with Crippen molar-refractivity contribution in [3.05, 3.63) is 72.2 Å². The number of nitrogens with one attached hydrogen (secondary N) is 3. The van der Waals surface area contributed by atoms with Crippen LogP contribution < -0.4 is 25.4 Å². The zero-order valence-electron chi connectivity index (χ0n) is 19.4. The first kappa shape index (κ1) is 24.4. The van der Waals surface area contributed by atoms with Crippen molar-refractivity contribution >= 4 is 29.1 Å². The van der Waals surface area contributed by atoms with Gasteiger partial charge in [0.1, 0.15) is 17.5 Å². The van der Waals surface area contributed by atoms with Crippen molar-refractivity contribution in [3.8, 4) is 11.5 Å². The summed E-state index contributed by atoms with van der Waals surface area (Å²) < 4.78 is 16.0. The first-order valence-corrected chi connectivity index (χ1v) is 10.6. The number of methoxy groups -OCH3 is 2. The monoisotopic (exact) mass is 465 g/mol. The molecule has 1 heterocycles. The third-order valence-electron chi connectivity index (χ3n) is 5.04. The van der Waals surface area contributed by atoms with Gasteiger partial charge in [0.05, 0.1) is 31.9 Å². The van der Waals surface area contributed by atoms with E-state index < -0.39 is 17.9 Å². The minimum absolute atomic E-state index is 0.108. The number of hydrogen-bond donors (Lipinski definition) is 3. The molecule has 3 rings (SSSR count). The maximum absolute atomic E-state index is 13.1. The Kier molecular flexibility index (Phi) is 7.92. The van der Waals surface area contributed by atoms with E-state index in [1.165, 1.54) is 26.5 Å². The third-order valence-corrected chi connectivity index (χ3v) is 5.04. The number of carbonyl (C=O) groups excluding carboxylic acids is 3. The molecule has 3 N–H and O–H groups in total. The molecule has 0 unspecified atom stereocenters. The molecule has 0 aliphatic heterocycles. The molecule has 0 spiro atoms. The highest BCUT2D eigenvalue weighted by atomic mass is 16.5. The fraction of sp³-hybridized carbons (Fsp3) is 0.240. The molecule has 2 aromatic carbocycles. The first-order valence-electron chi connectivity index (χ1n) is 10.6. The Morgan fingerprint density at radius 3 is 1.97 bits per heavy atom. The number of amides is 3. The van der Waals surface area contributed by atoms with Gasteiger partial charge in [0.15, 0.2) is 5.76 Å². The summed E-state index contributed by atoms with van der Waals surface area (Å²) in [6.45, 7) is 3.62. The number of hydrogen-bond acceptors (Lipinski definition) is 6. The molecular weight excluding hydrogens is 438 g/mol. The van der Waals surface area contributed by atoms with E-state index in [9.17, 15) is 14.4 Å². The molecule has 0 saturated heterocycles. The second-order valence-corrected chi connectivity index (χ2v) is 7.73. The Hall–Kier alpha value is -4.27. The third kappa shape index (κ3) is 5.74. The van der Waals surface area contributed by atoms with Crippen molar-refractivity contribution in [3.63, 3.8) is 0 Å². The van der Waals surface area contributed by atoms with E-state index in [4.69, 9.17) is 13.9 Å². The Labute approximate surface area is 197 Å². The van der Waals surface area contributed by atoms with Gasteiger partial charge in [-0.25, -0.2) is 0 Å². The number of anilines is 2. The fourth-order valence-electron chi connectivity index (χ4n) is 3.24. The van der Waals surface area contributed by atoms with Crippen molar-refractivity contribution < 1.29 is 28.3 Å². The summed E-state index contributed by atoms with van der Waals surface area (Å²) in [6, 6.07) is 14.1. The molecule has 34 heavy (non-hydrogen) atoms. The van der Waals surface area contributed by atoms with Crippen molar-refractivity contribution in [2.45, 2.75) is 19.9 Å². The topological polar surface area (TPSA) is 119 Å². The molecule has 1 aromatic heterocycles. The van der Waals surface area contributed by atoms with Gasteiger partial charge < -0.3 is 29.8 Å². The van der Waals surface area contributed by atoms with Crippen LogP contribution in [0.15, 0.2) is 65.3 Å². The van der Waals surface area contributed by atoms with Gasteiger partial charge >= 0.3 is 0 Å². The van der Waals surface area contributed by atoms with Gasteiger partial charge in [0.25, 0.3) is 11.8 Å². The van der Waals surface area contributed by atoms with Crippen LogP contribution in [0.1, 0.15) is 34.8 Å². The van der Waals surface area contributed by atoms with Gasteiger partial charge in [-0.3, -0.25) is 14.4 Å². The molecule has 0 aliphatic carbocycles. The van der Waals surface area contributed by atoms with Crippen molar-refractivity contribution in [2.24, 2.45) is 5.92 Å². The highest BCUT2D eigenvalue weighted by Gasteiger charge is 2.27. The number of rotatable bonds is 9. The Morgan fingerprint density at radius 1 is 0.824 bits per heavy atom. The van der Waals surface area contributed by atoms with Crippen LogP contribution in [0.5, 0.6) is 11.5 Å². The van der Waals surface area contributed by atoms with E-state index >= 15 is 0 Å². The summed E-state index contributed by atoms with van der Waals surface area (Å²) >= 11 is 0. The lowest BCUT2D eigenvalue weighted by Gasteiger charge is -2.22. The average Bonchev–Trinajstić information content (AvgIpc) is 3.38. The zero-order valence-corrected chi connectivity index (χ0v) is 19.4. The normalized spacial score (nSPS) is 11.4. The lowest BCUT2D eigenvalue weighted by molar-refractivity contribution is -0.118. The fourth-order valence-corrected chi connectivity index (χ4v) is 3.24. The second-order valence-electron chi connectivity index (χ2n) is 7.73. The van der Waals surface area contributed by atoms with Crippen LogP contribution in [0.2, 0.25) is 0 Å². The SMILES string of the molecule is COc1cc(NC(=O)[C@H](NC(=O)c2ccco2)C(C)C)c(OC)cc1NC(=O)c1ccccc1. The maximum atomic E-state index is 13.1. The van der Waals surface area contributed by atoms with Gasteiger partial charge in [-0.1, -0.05) is 32.0 Å². The molecule has 9 heteroatoms. The van der Waals surface area contributed by atoms with Gasteiger partial charge in [0, 0.05) is 17.7 Å². The number of ether oxygens (including phenoxy) is 2. The summed E-state index contributed by atoms with van der Waals surface area (Å²) in [5, 5.41) is 8.26. The molecule has 3 amide bonds. The lowest BCUT2D eigenvalue weighted by Crippen LogP contribution is -2.47. The Morgan fingerprint density at radius 2 is 1.44 bits per heavy atom. The molecule has 0 radical (unpaired) electrons. The second kappa shape index (κ2) is 11.0. The first-order chi connectivity index (χ1) is 16.3. The average molecular weight is 466 g/mol. The maximum Gasteiger partial charge on any atom is 0.287 e. The predicted octanol–water partition coefficient (Wildman–Crippen LogP) is 3.94. The summed E-state index contributed by atoms with van der Waals surface area (Å²) in [7, 11) is 2.89. The summed E-state index contributed by atoms with van der Waals surface area (Å²) in [5.41, 5.74) is 1.17. The molecule has 0 saturated carbocycles. The van der Waals surface area contributed by atoms with Crippen LogP contribution in [0, 0.1) is 5.92 Å². The van der Waals surface area contributed by atoms with Crippen molar-refractivity contribution in [1.82, 2.24) is 5.32 Å². The van der Waals surface area contributed by atoms with Crippen molar-refractivity contribution in [1.29, 1.82) is 0 Å². The van der Waals surface area contributed by atoms with Gasteiger partial charge in [-0.05, 0) is 30.2 Å². The highest BCUT2D eigenvalue weighted by Crippen LogP contribution is 2.37. The van der Waals surface area contributed by atoms with E-state index in [0.29, 0.717) is 28.4 Å². The van der Waals surface area contributed by atoms with Gasteiger partial charge in [0.2, 0.25) is 5.91 Å². The smallest absolute Gasteiger partial charge is 0.287 e. The zero-order chi connectivity index (χ0) is 24.7. The van der Waals surface area contributed by atoms with Crippen LogP contribution in [0.25, 0.3) is 0 Å². The van der Waals surface area contributed by atoms with Crippen LogP contribution >= 0.6 is 0 Å². The number of furan rings is 1. The quantitative estimate of drug-likeness (QED) is 0.440. The Bertz CT molecular complexity index is 1140. The van der Waals surface area contributed by atoms with Crippen LogP contribution in [0.3, 0.4) is 0 Å². The van der Waals surface area contributed by atoms with E-state index in [2.05, 4.69) is 16.0 Å². The molecule has 3 aromatic rings. The molecule has 9 nitrogen and oxygen atoms in total. The number of benzene rings is 2. The minimum Gasteiger partial charge on any atom is -0.494 e. The van der Waals surface area contributed by atoms with Crippen LogP contribution in [-0.2, 0) is 4.79 Å². The number of carbonyl (C=O) groups is 3. The van der Waals surface area contributed by atoms with E-state index in [-0.39, 0.29) is 17.6 Å².